The number of aryl methyl sites for hydroxylation is 1. The zero-order valence-electron chi connectivity index (χ0n) is 9.03. The van der Waals surface area contributed by atoms with Gasteiger partial charge in [0.15, 0.2) is 22.2 Å². The third kappa shape index (κ3) is 5.02. The first-order valence-electron chi connectivity index (χ1n) is 4.62. The minimum atomic E-state index is -3.36. The molecular weight excluding hydrogens is 268 g/mol. The largest absolute Gasteiger partial charge is 0.288 e. The van der Waals surface area contributed by atoms with E-state index in [0.717, 1.165) is 5.56 Å². The highest BCUT2D eigenvalue weighted by Crippen LogP contribution is 2.13. The van der Waals surface area contributed by atoms with Crippen LogP contribution in [0.25, 0.3) is 0 Å². The van der Waals surface area contributed by atoms with E-state index in [4.69, 9.17) is 5.26 Å². The Morgan fingerprint density at radius 3 is 2.53 bits per heavy atom. The average molecular weight is 280 g/mol. The molecule has 96 valence electrons. The van der Waals surface area contributed by atoms with E-state index in [1.165, 1.54) is 0 Å². The summed E-state index contributed by atoms with van der Waals surface area (Å²) in [7, 11) is -3.36. The topological polar surface area (TPSA) is 82.1 Å². The molecule has 0 unspecified atom stereocenters. The molecule has 0 aliphatic carbocycles. The Morgan fingerprint density at radius 1 is 1.29 bits per heavy atom. The highest BCUT2D eigenvalue weighted by atomic mass is 32.2. The van der Waals surface area contributed by atoms with Crippen molar-refractivity contribution in [1.29, 1.82) is 0 Å². The number of hydrogen-bond acceptors (Lipinski definition) is 7. The molecule has 0 radical (unpaired) electrons. The van der Waals surface area contributed by atoms with Crippen LogP contribution in [0.1, 0.15) is 5.56 Å². The van der Waals surface area contributed by atoms with Gasteiger partial charge in [-0.15, -0.1) is 4.33 Å². The maximum Gasteiger partial charge on any atom is 0.197 e. The van der Waals surface area contributed by atoms with Crippen molar-refractivity contribution in [2.24, 2.45) is 0 Å². The van der Waals surface area contributed by atoms with Crippen LogP contribution in [0.15, 0.2) is 29.2 Å². The van der Waals surface area contributed by atoms with E-state index >= 15 is 0 Å². The van der Waals surface area contributed by atoms with Crippen molar-refractivity contribution in [3.63, 3.8) is 0 Å². The van der Waals surface area contributed by atoms with Gasteiger partial charge in [0.1, 0.15) is 0 Å². The van der Waals surface area contributed by atoms with Crippen LogP contribution in [0.3, 0.4) is 0 Å². The van der Waals surface area contributed by atoms with Crippen molar-refractivity contribution in [3.05, 3.63) is 29.8 Å². The van der Waals surface area contributed by atoms with E-state index in [9.17, 15) is 8.42 Å². The maximum absolute atomic E-state index is 11.8. The molecule has 0 fully saturated rings. The summed E-state index contributed by atoms with van der Waals surface area (Å²) in [5, 5.41) is 11.0. The molecule has 0 aromatic heterocycles. The lowest BCUT2D eigenvalue weighted by molar-refractivity contribution is -0.434. The van der Waals surface area contributed by atoms with Crippen LogP contribution in [0.2, 0.25) is 0 Å². The van der Waals surface area contributed by atoms with Crippen molar-refractivity contribution in [3.8, 4) is 0 Å². The minimum Gasteiger partial charge on any atom is -0.288 e. The normalized spacial score (nSPS) is 11.6. The summed E-state index contributed by atoms with van der Waals surface area (Å²) in [6.07, 6.45) is 0. The van der Waals surface area contributed by atoms with E-state index < -0.39 is 9.84 Å². The van der Waals surface area contributed by atoms with Gasteiger partial charge in [0.05, 0.1) is 17.3 Å². The zero-order valence-corrected chi connectivity index (χ0v) is 10.7. The Bertz CT molecular complexity index is 427. The molecule has 0 bridgehead atoms. The predicted molar refractivity (Wildman–Crippen MR) is 61.6 cm³/mol. The molecule has 0 amide bonds. The van der Waals surface area contributed by atoms with Crippen molar-refractivity contribution < 1.29 is 27.2 Å². The molecule has 0 atom stereocenters. The van der Waals surface area contributed by atoms with Crippen LogP contribution in [0, 0.1) is 6.92 Å². The van der Waals surface area contributed by atoms with E-state index in [1.54, 1.807) is 24.3 Å². The summed E-state index contributed by atoms with van der Waals surface area (Å²) in [6, 6.07) is 6.55. The van der Waals surface area contributed by atoms with Crippen LogP contribution < -0.4 is 0 Å². The Hall–Kier alpha value is -0.640. The zero-order chi connectivity index (χ0) is 12.7. The molecule has 1 N–H and O–H groups in total. The van der Waals surface area contributed by atoms with Crippen molar-refractivity contribution >= 4 is 22.2 Å². The molecule has 6 nitrogen and oxygen atoms in total. The molecule has 8 heteroatoms. The number of sulfone groups is 1. The fourth-order valence-corrected chi connectivity index (χ4v) is 2.48. The van der Waals surface area contributed by atoms with Crippen LogP contribution in [-0.2, 0) is 23.4 Å². The average Bonchev–Trinajstić information content (AvgIpc) is 2.29. The van der Waals surface area contributed by atoms with Gasteiger partial charge < -0.3 is 0 Å². The number of benzene rings is 1. The van der Waals surface area contributed by atoms with Crippen LogP contribution in [0.5, 0.6) is 0 Å². The summed E-state index contributed by atoms with van der Waals surface area (Å²) >= 11 is 0.355. The molecule has 0 aliphatic rings. The highest BCUT2D eigenvalue weighted by Gasteiger charge is 2.13. The van der Waals surface area contributed by atoms with Crippen LogP contribution in [-0.4, -0.2) is 26.0 Å². The Morgan fingerprint density at radius 2 is 1.94 bits per heavy atom. The highest BCUT2D eigenvalue weighted by molar-refractivity contribution is 7.91. The van der Waals surface area contributed by atoms with Crippen molar-refractivity contribution in [1.82, 2.24) is 0 Å². The van der Waals surface area contributed by atoms with Crippen LogP contribution >= 0.6 is 12.3 Å². The Kier molecular flexibility index (Phi) is 5.89. The van der Waals surface area contributed by atoms with Gasteiger partial charge in [0.2, 0.25) is 0 Å². The van der Waals surface area contributed by atoms with Gasteiger partial charge in [-0.1, -0.05) is 22.7 Å². The standard InChI is InChI=1S/C9H12O6S2/c1-8-2-4-9(5-3-8)17(11,12)7-6-13-16-15-14-10/h2-5,10H,6-7H2,1H3. The molecule has 0 heterocycles. The van der Waals surface area contributed by atoms with E-state index in [-0.39, 0.29) is 17.3 Å². The summed E-state index contributed by atoms with van der Waals surface area (Å²) < 4.78 is 32.1. The molecule has 0 saturated heterocycles. The second-order valence-electron chi connectivity index (χ2n) is 3.16. The molecule has 17 heavy (non-hydrogen) atoms. The van der Waals surface area contributed by atoms with Gasteiger partial charge in [0, 0.05) is 0 Å². The fourth-order valence-electron chi connectivity index (χ4n) is 1.07. The first kappa shape index (κ1) is 14.4. The summed E-state index contributed by atoms with van der Waals surface area (Å²) in [4.78, 5) is 0.246. The van der Waals surface area contributed by atoms with Crippen molar-refractivity contribution in [2.75, 3.05) is 12.4 Å². The molecule has 0 aliphatic heterocycles. The van der Waals surface area contributed by atoms with Gasteiger partial charge >= 0.3 is 0 Å². The van der Waals surface area contributed by atoms with Gasteiger partial charge in [-0.2, -0.15) is 0 Å². The Balaban J connectivity index is 2.48. The van der Waals surface area contributed by atoms with Gasteiger partial charge in [-0.05, 0) is 19.1 Å². The molecule has 0 saturated carbocycles. The van der Waals surface area contributed by atoms with E-state index in [1.807, 2.05) is 6.92 Å². The molecule has 0 spiro atoms. The van der Waals surface area contributed by atoms with Gasteiger partial charge in [-0.3, -0.25) is 4.18 Å². The third-order valence-corrected chi connectivity index (χ3v) is 4.00. The predicted octanol–water partition coefficient (Wildman–Crippen LogP) is 1.77. The van der Waals surface area contributed by atoms with Crippen molar-refractivity contribution in [2.45, 2.75) is 11.8 Å². The summed E-state index contributed by atoms with van der Waals surface area (Å²) in [6.45, 7) is 1.80. The smallest absolute Gasteiger partial charge is 0.197 e. The number of rotatable bonds is 7. The maximum atomic E-state index is 11.8. The van der Waals surface area contributed by atoms with E-state index in [2.05, 4.69) is 13.6 Å². The Labute approximate surface area is 104 Å². The third-order valence-electron chi connectivity index (χ3n) is 1.92. The first-order valence-corrected chi connectivity index (χ1v) is 6.94. The molecule has 1 aromatic rings. The van der Waals surface area contributed by atoms with E-state index in [0.29, 0.717) is 12.3 Å². The summed E-state index contributed by atoms with van der Waals surface area (Å²) in [5.41, 5.74) is 0.990. The van der Waals surface area contributed by atoms with Gasteiger partial charge in [0.25, 0.3) is 0 Å². The van der Waals surface area contributed by atoms with Gasteiger partial charge in [-0.25, -0.2) is 13.7 Å². The lowest BCUT2D eigenvalue weighted by Gasteiger charge is -2.04. The van der Waals surface area contributed by atoms with Crippen LogP contribution in [0.4, 0.5) is 0 Å². The molecule has 1 rings (SSSR count). The number of hydrogen-bond donors (Lipinski definition) is 1. The monoisotopic (exact) mass is 280 g/mol. The second-order valence-corrected chi connectivity index (χ2v) is 5.78. The second kappa shape index (κ2) is 6.94. The molecular formula is C9H12O6S2. The molecule has 1 aromatic carbocycles. The summed E-state index contributed by atoms with van der Waals surface area (Å²) in [5.74, 6) is -0.183. The minimum absolute atomic E-state index is 0.0791. The quantitative estimate of drug-likeness (QED) is 0.353. The SMILES string of the molecule is Cc1ccc(S(=O)(=O)CCOSOOO)cc1. The fraction of sp³-hybridized carbons (Fsp3) is 0.333. The first-order chi connectivity index (χ1) is 8.06. The lowest BCUT2D eigenvalue weighted by Crippen LogP contribution is -2.11. The lowest BCUT2D eigenvalue weighted by atomic mass is 10.2.